The number of hydrogen-bond acceptors (Lipinski definition) is 3. The van der Waals surface area contributed by atoms with Gasteiger partial charge in [0.25, 0.3) is 0 Å². The number of aldehydes is 1. The van der Waals surface area contributed by atoms with Gasteiger partial charge in [-0.3, -0.25) is 4.79 Å². The average Bonchev–Trinajstić information content (AvgIpc) is 2.18. The molecule has 0 saturated carbocycles. The Morgan fingerprint density at radius 3 is 3.00 bits per heavy atom. The van der Waals surface area contributed by atoms with Crippen LogP contribution in [0.15, 0.2) is 29.2 Å². The zero-order valence-corrected chi connectivity index (χ0v) is 8.42. The number of thioether (sulfide) groups is 1. The Bertz CT molecular complexity index is 373. The van der Waals surface area contributed by atoms with Crippen molar-refractivity contribution in [2.45, 2.75) is 23.0 Å². The van der Waals surface area contributed by atoms with Gasteiger partial charge < -0.3 is 4.79 Å². The molecule has 0 N–H and O–H groups in total. The number of rotatable bonds is 2. The van der Waals surface area contributed by atoms with Gasteiger partial charge in [0.2, 0.25) is 0 Å². The van der Waals surface area contributed by atoms with Gasteiger partial charge in [-0.2, -0.15) is 0 Å². The Balaban J connectivity index is 2.28. The molecule has 3 heteroatoms. The number of benzene rings is 1. The molecule has 0 amide bonds. The molecule has 1 heterocycles. The zero-order chi connectivity index (χ0) is 9.97. The summed E-state index contributed by atoms with van der Waals surface area (Å²) in [5.74, 6) is 0.159. The summed E-state index contributed by atoms with van der Waals surface area (Å²) in [6.07, 6.45) is 1.84. The van der Waals surface area contributed by atoms with Crippen LogP contribution in [0.2, 0.25) is 0 Å². The second kappa shape index (κ2) is 3.96. The van der Waals surface area contributed by atoms with E-state index in [9.17, 15) is 9.59 Å². The minimum Gasteiger partial charge on any atom is -0.303 e. The number of hydrogen-bond donors (Lipinski definition) is 0. The number of ketones is 1. The van der Waals surface area contributed by atoms with Crippen molar-refractivity contribution in [3.8, 4) is 0 Å². The van der Waals surface area contributed by atoms with Crippen LogP contribution in [0.25, 0.3) is 0 Å². The molecule has 0 bridgehead atoms. The Morgan fingerprint density at radius 1 is 1.43 bits per heavy atom. The summed E-state index contributed by atoms with van der Waals surface area (Å²) in [6.45, 7) is 0. The molecule has 72 valence electrons. The van der Waals surface area contributed by atoms with Crippen molar-refractivity contribution in [1.29, 1.82) is 0 Å². The molecular formula is C11H10O2S. The first-order valence-electron chi connectivity index (χ1n) is 4.54. The maximum Gasteiger partial charge on any atom is 0.165 e. The monoisotopic (exact) mass is 206 g/mol. The first-order valence-corrected chi connectivity index (χ1v) is 5.41. The summed E-state index contributed by atoms with van der Waals surface area (Å²) in [4.78, 5) is 23.0. The second-order valence-electron chi connectivity index (χ2n) is 3.27. The predicted molar refractivity (Wildman–Crippen MR) is 55.7 cm³/mol. The van der Waals surface area contributed by atoms with E-state index in [0.29, 0.717) is 12.8 Å². The summed E-state index contributed by atoms with van der Waals surface area (Å²) in [7, 11) is 0. The molecule has 0 aliphatic carbocycles. The fraction of sp³-hybridized carbons (Fsp3) is 0.273. The van der Waals surface area contributed by atoms with Crippen LogP contribution in [-0.2, 0) is 4.79 Å². The van der Waals surface area contributed by atoms with Gasteiger partial charge in [0.05, 0.1) is 0 Å². The van der Waals surface area contributed by atoms with E-state index in [1.54, 1.807) is 11.8 Å². The Hall–Kier alpha value is -1.09. The van der Waals surface area contributed by atoms with E-state index in [4.69, 9.17) is 0 Å². The summed E-state index contributed by atoms with van der Waals surface area (Å²) >= 11 is 1.63. The largest absolute Gasteiger partial charge is 0.303 e. The molecule has 1 aromatic carbocycles. The molecule has 0 saturated heterocycles. The van der Waals surface area contributed by atoms with Crippen LogP contribution in [0.5, 0.6) is 0 Å². The zero-order valence-electron chi connectivity index (χ0n) is 7.60. The van der Waals surface area contributed by atoms with Crippen molar-refractivity contribution in [2.24, 2.45) is 0 Å². The van der Waals surface area contributed by atoms with E-state index in [1.807, 2.05) is 24.3 Å². The van der Waals surface area contributed by atoms with Crippen molar-refractivity contribution in [3.05, 3.63) is 29.8 Å². The van der Waals surface area contributed by atoms with Crippen molar-refractivity contribution >= 4 is 23.8 Å². The lowest BCUT2D eigenvalue weighted by Gasteiger charge is -2.20. The Morgan fingerprint density at radius 2 is 2.21 bits per heavy atom. The van der Waals surface area contributed by atoms with Crippen LogP contribution in [0.1, 0.15) is 23.2 Å². The molecule has 1 aliphatic heterocycles. The van der Waals surface area contributed by atoms with E-state index in [1.165, 1.54) is 0 Å². The van der Waals surface area contributed by atoms with Crippen LogP contribution in [0.4, 0.5) is 0 Å². The standard InChI is InChI=1S/C11H10O2S/c12-6-5-8-7-10(13)9-3-1-2-4-11(9)14-8/h1-4,6,8H,5,7H2. The minimum atomic E-state index is 0.134. The van der Waals surface area contributed by atoms with Gasteiger partial charge in [0, 0.05) is 28.6 Å². The van der Waals surface area contributed by atoms with Gasteiger partial charge in [-0.15, -0.1) is 11.8 Å². The molecule has 1 aliphatic rings. The number of carbonyl (C=O) groups is 2. The van der Waals surface area contributed by atoms with Gasteiger partial charge in [-0.25, -0.2) is 0 Å². The molecule has 2 rings (SSSR count). The summed E-state index contributed by atoms with van der Waals surface area (Å²) < 4.78 is 0. The number of Topliss-reactive ketones (excluding diaryl/α,β-unsaturated/α-hetero) is 1. The first kappa shape index (κ1) is 9.46. The Kier molecular flexibility index (Phi) is 2.68. The first-order chi connectivity index (χ1) is 6.81. The molecule has 1 aromatic rings. The van der Waals surface area contributed by atoms with E-state index in [-0.39, 0.29) is 11.0 Å². The van der Waals surface area contributed by atoms with Crippen LogP contribution in [0, 0.1) is 0 Å². The van der Waals surface area contributed by atoms with Gasteiger partial charge in [-0.05, 0) is 6.07 Å². The van der Waals surface area contributed by atoms with Crippen LogP contribution < -0.4 is 0 Å². The summed E-state index contributed by atoms with van der Waals surface area (Å²) in [5.41, 5.74) is 0.805. The molecular weight excluding hydrogens is 196 g/mol. The lowest BCUT2D eigenvalue weighted by molar-refractivity contribution is -0.107. The van der Waals surface area contributed by atoms with E-state index in [0.717, 1.165) is 16.7 Å². The topological polar surface area (TPSA) is 34.1 Å². The van der Waals surface area contributed by atoms with Gasteiger partial charge in [0.1, 0.15) is 6.29 Å². The highest BCUT2D eigenvalue weighted by atomic mass is 32.2. The highest BCUT2D eigenvalue weighted by Gasteiger charge is 2.24. The number of carbonyl (C=O) groups excluding carboxylic acids is 2. The maximum atomic E-state index is 11.6. The third kappa shape index (κ3) is 1.73. The molecule has 0 radical (unpaired) electrons. The highest BCUT2D eigenvalue weighted by molar-refractivity contribution is 8.00. The third-order valence-corrected chi connectivity index (χ3v) is 3.56. The molecule has 2 nitrogen and oxygen atoms in total. The third-order valence-electron chi connectivity index (χ3n) is 2.25. The molecule has 1 unspecified atom stereocenters. The molecule has 0 aromatic heterocycles. The minimum absolute atomic E-state index is 0.134. The molecule has 0 spiro atoms. The van der Waals surface area contributed by atoms with Crippen LogP contribution in [-0.4, -0.2) is 17.3 Å². The summed E-state index contributed by atoms with van der Waals surface area (Å²) in [6, 6.07) is 7.58. The normalized spacial score (nSPS) is 20.3. The van der Waals surface area contributed by atoms with E-state index < -0.39 is 0 Å². The highest BCUT2D eigenvalue weighted by Crippen LogP contribution is 2.35. The lowest BCUT2D eigenvalue weighted by Crippen LogP contribution is -2.17. The van der Waals surface area contributed by atoms with Crippen LogP contribution >= 0.6 is 11.8 Å². The van der Waals surface area contributed by atoms with Gasteiger partial charge in [0.15, 0.2) is 5.78 Å². The fourth-order valence-electron chi connectivity index (χ4n) is 1.58. The second-order valence-corrected chi connectivity index (χ2v) is 4.61. The van der Waals surface area contributed by atoms with Crippen molar-refractivity contribution in [1.82, 2.24) is 0 Å². The predicted octanol–water partition coefficient (Wildman–Crippen LogP) is 2.32. The quantitative estimate of drug-likeness (QED) is 0.696. The molecule has 1 atom stereocenters. The summed E-state index contributed by atoms with van der Waals surface area (Å²) in [5, 5.41) is 0.134. The van der Waals surface area contributed by atoms with Gasteiger partial charge >= 0.3 is 0 Å². The lowest BCUT2D eigenvalue weighted by atomic mass is 10.0. The fourth-order valence-corrected chi connectivity index (χ4v) is 2.81. The van der Waals surface area contributed by atoms with Crippen molar-refractivity contribution in [3.63, 3.8) is 0 Å². The smallest absolute Gasteiger partial charge is 0.165 e. The van der Waals surface area contributed by atoms with Crippen molar-refractivity contribution < 1.29 is 9.59 Å². The van der Waals surface area contributed by atoms with Crippen molar-refractivity contribution in [2.75, 3.05) is 0 Å². The SMILES string of the molecule is O=CCC1CC(=O)c2ccccc2S1. The Labute approximate surface area is 86.7 Å². The average molecular weight is 206 g/mol. The molecule has 0 fully saturated rings. The molecule has 14 heavy (non-hydrogen) atoms. The van der Waals surface area contributed by atoms with E-state index >= 15 is 0 Å². The van der Waals surface area contributed by atoms with Crippen LogP contribution in [0.3, 0.4) is 0 Å². The number of fused-ring (bicyclic) bond motifs is 1. The van der Waals surface area contributed by atoms with E-state index in [2.05, 4.69) is 0 Å². The van der Waals surface area contributed by atoms with Gasteiger partial charge in [-0.1, -0.05) is 18.2 Å². The maximum absolute atomic E-state index is 11.6.